The standard InChI is InChI=1S/C16H17ClFNO4S3/c17-15-5-6-16(24-15)26(22,23)14-10-25(20,21)9-13(14)19-8-7-11-3-1-2-4-12(11)18/h1-6,13-14,19H,7-10H2/t13-,14-/m0/s1. The zero-order chi connectivity index (χ0) is 18.9. The molecule has 2 heterocycles. The third-order valence-electron chi connectivity index (χ3n) is 4.29. The van der Waals surface area contributed by atoms with Crippen LogP contribution in [0.5, 0.6) is 0 Å². The molecular weight excluding hydrogens is 421 g/mol. The van der Waals surface area contributed by atoms with Crippen LogP contribution in [0.4, 0.5) is 4.39 Å². The van der Waals surface area contributed by atoms with Gasteiger partial charge in [0.2, 0.25) is 0 Å². The molecule has 3 rings (SSSR count). The van der Waals surface area contributed by atoms with Gasteiger partial charge in [-0.05, 0) is 36.7 Å². The number of benzene rings is 1. The normalized spacial score (nSPS) is 22.5. The highest BCUT2D eigenvalue weighted by Crippen LogP contribution is 2.32. The number of hydrogen-bond acceptors (Lipinski definition) is 6. The van der Waals surface area contributed by atoms with Crippen LogP contribution in [0.1, 0.15) is 5.56 Å². The first-order chi connectivity index (χ1) is 12.2. The van der Waals surface area contributed by atoms with Gasteiger partial charge in [0.05, 0.1) is 21.1 Å². The average Bonchev–Trinajstić information content (AvgIpc) is 3.13. The molecule has 0 amide bonds. The summed E-state index contributed by atoms with van der Waals surface area (Å²) in [5, 5.41) is 1.91. The molecular formula is C16H17ClFNO4S3. The summed E-state index contributed by atoms with van der Waals surface area (Å²) in [5.41, 5.74) is 0.491. The molecule has 0 spiro atoms. The predicted octanol–water partition coefficient (Wildman–Crippen LogP) is 2.31. The molecule has 26 heavy (non-hydrogen) atoms. The lowest BCUT2D eigenvalue weighted by Crippen LogP contribution is -2.43. The van der Waals surface area contributed by atoms with Crippen molar-refractivity contribution in [3.63, 3.8) is 0 Å². The third kappa shape index (κ3) is 4.28. The van der Waals surface area contributed by atoms with Crippen molar-refractivity contribution >= 4 is 42.6 Å². The fraction of sp³-hybridized carbons (Fsp3) is 0.375. The second kappa shape index (κ2) is 7.55. The van der Waals surface area contributed by atoms with Crippen molar-refractivity contribution in [3.05, 3.63) is 52.1 Å². The van der Waals surface area contributed by atoms with Gasteiger partial charge in [-0.3, -0.25) is 0 Å². The fourth-order valence-corrected chi connectivity index (χ4v) is 9.43. The van der Waals surface area contributed by atoms with Gasteiger partial charge in [0.25, 0.3) is 0 Å². The Kier molecular flexibility index (Phi) is 5.74. The monoisotopic (exact) mass is 437 g/mol. The first kappa shape index (κ1) is 19.8. The molecule has 1 aromatic heterocycles. The zero-order valence-electron chi connectivity index (χ0n) is 13.6. The van der Waals surface area contributed by atoms with Crippen LogP contribution in [0.25, 0.3) is 0 Å². The molecule has 0 saturated carbocycles. The van der Waals surface area contributed by atoms with Crippen LogP contribution in [-0.4, -0.2) is 46.2 Å². The van der Waals surface area contributed by atoms with E-state index in [2.05, 4.69) is 5.32 Å². The van der Waals surface area contributed by atoms with E-state index in [1.165, 1.54) is 18.2 Å². The topological polar surface area (TPSA) is 80.3 Å². The van der Waals surface area contributed by atoms with Gasteiger partial charge in [0.1, 0.15) is 10.0 Å². The van der Waals surface area contributed by atoms with Crippen molar-refractivity contribution in [1.82, 2.24) is 5.32 Å². The van der Waals surface area contributed by atoms with Crippen molar-refractivity contribution < 1.29 is 21.2 Å². The van der Waals surface area contributed by atoms with Gasteiger partial charge in [-0.2, -0.15) is 0 Å². The summed E-state index contributed by atoms with van der Waals surface area (Å²) in [4.78, 5) is 0. The number of nitrogens with one attached hydrogen (secondary N) is 1. The number of rotatable bonds is 6. The molecule has 0 bridgehead atoms. The Morgan fingerprint density at radius 3 is 2.58 bits per heavy atom. The number of thiophene rings is 1. The molecule has 0 aliphatic carbocycles. The van der Waals surface area contributed by atoms with Crippen molar-refractivity contribution in [1.29, 1.82) is 0 Å². The Bertz CT molecular complexity index is 1000. The SMILES string of the molecule is O=S1(=O)C[C@H](NCCc2ccccc2F)[C@@H](S(=O)(=O)c2ccc(Cl)s2)C1. The Morgan fingerprint density at radius 2 is 1.92 bits per heavy atom. The maximum Gasteiger partial charge on any atom is 0.193 e. The molecule has 2 atom stereocenters. The van der Waals surface area contributed by atoms with E-state index < -0.39 is 36.7 Å². The van der Waals surface area contributed by atoms with E-state index in [0.717, 1.165) is 11.3 Å². The summed E-state index contributed by atoms with van der Waals surface area (Å²) in [6, 6.07) is 8.43. The van der Waals surface area contributed by atoms with Crippen LogP contribution in [0, 0.1) is 5.82 Å². The second-order valence-electron chi connectivity index (χ2n) is 6.12. The molecule has 142 valence electrons. The van der Waals surface area contributed by atoms with E-state index >= 15 is 0 Å². The highest BCUT2D eigenvalue weighted by Gasteiger charge is 2.46. The van der Waals surface area contributed by atoms with E-state index in [9.17, 15) is 21.2 Å². The molecule has 1 aliphatic rings. The summed E-state index contributed by atoms with van der Waals surface area (Å²) in [6.45, 7) is 0.276. The van der Waals surface area contributed by atoms with E-state index in [4.69, 9.17) is 11.6 Å². The molecule has 1 saturated heterocycles. The van der Waals surface area contributed by atoms with Gasteiger partial charge >= 0.3 is 0 Å². The first-order valence-electron chi connectivity index (χ1n) is 7.85. The molecule has 0 unspecified atom stereocenters. The molecule has 1 N–H and O–H groups in total. The maximum absolute atomic E-state index is 13.7. The van der Waals surface area contributed by atoms with Crippen LogP contribution in [-0.2, 0) is 26.1 Å². The summed E-state index contributed by atoms with van der Waals surface area (Å²) in [5.74, 6) is -1.03. The summed E-state index contributed by atoms with van der Waals surface area (Å²) in [7, 11) is -7.30. The predicted molar refractivity (Wildman–Crippen MR) is 101 cm³/mol. The van der Waals surface area contributed by atoms with Crippen molar-refractivity contribution in [2.45, 2.75) is 21.9 Å². The molecule has 5 nitrogen and oxygen atoms in total. The largest absolute Gasteiger partial charge is 0.311 e. The minimum absolute atomic E-state index is 0.0607. The lowest BCUT2D eigenvalue weighted by atomic mass is 10.1. The van der Waals surface area contributed by atoms with Gasteiger partial charge in [-0.1, -0.05) is 29.8 Å². The summed E-state index contributed by atoms with van der Waals surface area (Å²) < 4.78 is 63.8. The third-order valence-corrected chi connectivity index (χ3v) is 10.2. The molecule has 0 radical (unpaired) electrons. The van der Waals surface area contributed by atoms with E-state index in [0.29, 0.717) is 16.3 Å². The van der Waals surface area contributed by atoms with Crippen LogP contribution < -0.4 is 5.32 Å². The number of hydrogen-bond donors (Lipinski definition) is 1. The van der Waals surface area contributed by atoms with Crippen LogP contribution in [0.2, 0.25) is 4.34 Å². The Balaban J connectivity index is 1.75. The fourth-order valence-electron chi connectivity index (χ4n) is 3.00. The summed E-state index contributed by atoms with van der Waals surface area (Å²) in [6.07, 6.45) is 0.334. The van der Waals surface area contributed by atoms with Crippen molar-refractivity contribution in [3.8, 4) is 0 Å². The Hall–Kier alpha value is -1.000. The van der Waals surface area contributed by atoms with Crippen molar-refractivity contribution in [2.75, 3.05) is 18.1 Å². The van der Waals surface area contributed by atoms with Gasteiger partial charge in [-0.15, -0.1) is 11.3 Å². The quantitative estimate of drug-likeness (QED) is 0.750. The molecule has 1 aromatic carbocycles. The smallest absolute Gasteiger partial charge is 0.193 e. The summed E-state index contributed by atoms with van der Waals surface area (Å²) >= 11 is 6.73. The van der Waals surface area contributed by atoms with Crippen molar-refractivity contribution in [2.24, 2.45) is 0 Å². The van der Waals surface area contributed by atoms with Crippen LogP contribution >= 0.6 is 22.9 Å². The molecule has 10 heteroatoms. The van der Waals surface area contributed by atoms with Gasteiger partial charge in [0.15, 0.2) is 19.7 Å². The van der Waals surface area contributed by atoms with Gasteiger partial charge in [-0.25, -0.2) is 21.2 Å². The number of halogens is 2. The zero-order valence-corrected chi connectivity index (χ0v) is 16.8. The van der Waals surface area contributed by atoms with E-state index in [-0.39, 0.29) is 22.3 Å². The van der Waals surface area contributed by atoms with E-state index in [1.807, 2.05) is 0 Å². The van der Waals surface area contributed by atoms with Crippen LogP contribution in [0.15, 0.2) is 40.6 Å². The number of sulfone groups is 2. The highest BCUT2D eigenvalue weighted by atomic mass is 35.5. The Morgan fingerprint density at radius 1 is 1.19 bits per heavy atom. The lowest BCUT2D eigenvalue weighted by Gasteiger charge is -2.19. The minimum atomic E-state index is -3.82. The molecule has 2 aromatic rings. The molecule has 1 aliphatic heterocycles. The minimum Gasteiger partial charge on any atom is -0.311 e. The highest BCUT2D eigenvalue weighted by molar-refractivity contribution is 7.97. The van der Waals surface area contributed by atoms with Gasteiger partial charge in [0, 0.05) is 6.04 Å². The second-order valence-corrected chi connectivity index (χ2v) is 12.4. The first-order valence-corrected chi connectivity index (χ1v) is 12.4. The van der Waals surface area contributed by atoms with Gasteiger partial charge < -0.3 is 5.32 Å². The average molecular weight is 438 g/mol. The van der Waals surface area contributed by atoms with Crippen LogP contribution in [0.3, 0.4) is 0 Å². The molecule has 1 fully saturated rings. The maximum atomic E-state index is 13.7. The Labute approximate surface area is 161 Å². The lowest BCUT2D eigenvalue weighted by molar-refractivity contribution is 0.524. The van der Waals surface area contributed by atoms with E-state index in [1.54, 1.807) is 18.2 Å².